The highest BCUT2D eigenvalue weighted by atomic mass is 32.1. The Hall–Kier alpha value is -2.03. The van der Waals surface area contributed by atoms with E-state index in [-0.39, 0.29) is 17.9 Å². The number of likely N-dealkylation sites (tertiary alicyclic amines) is 1. The zero-order valence-corrected chi connectivity index (χ0v) is 19.5. The van der Waals surface area contributed by atoms with E-state index in [1.54, 1.807) is 0 Å². The third kappa shape index (κ3) is 5.42. The normalized spacial score (nSPS) is 24.3. The second kappa shape index (κ2) is 9.63. The van der Waals surface area contributed by atoms with Crippen LogP contribution in [-0.2, 0) is 9.59 Å². The molecule has 1 aromatic heterocycles. The minimum Gasteiger partial charge on any atom is -0.341 e. The molecule has 2 aliphatic heterocycles. The number of hydrogen-bond acceptors (Lipinski definition) is 6. The molecular formula is C23H33N5O2S. The Morgan fingerprint density at radius 1 is 1.13 bits per heavy atom. The average Bonchev–Trinajstić information content (AvgIpc) is 3.15. The van der Waals surface area contributed by atoms with Gasteiger partial charge in [-0.1, -0.05) is 37.3 Å². The molecule has 8 heteroatoms. The Balaban J connectivity index is 1.25. The highest BCUT2D eigenvalue weighted by Crippen LogP contribution is 2.26. The predicted molar refractivity (Wildman–Crippen MR) is 125 cm³/mol. The van der Waals surface area contributed by atoms with Gasteiger partial charge in [0.2, 0.25) is 11.8 Å². The molecule has 2 amide bonds. The number of hydrogen-bond donors (Lipinski definition) is 1. The summed E-state index contributed by atoms with van der Waals surface area (Å²) in [6, 6.07) is 7.67. The second-order valence-electron chi connectivity index (χ2n) is 9.21. The van der Waals surface area contributed by atoms with Crippen LogP contribution in [0.4, 0.5) is 5.13 Å². The van der Waals surface area contributed by atoms with Crippen LogP contribution in [0.3, 0.4) is 0 Å². The van der Waals surface area contributed by atoms with Crippen LogP contribution < -0.4 is 5.32 Å². The van der Waals surface area contributed by atoms with Crippen molar-refractivity contribution in [2.24, 2.45) is 11.8 Å². The molecule has 4 rings (SSSR count). The van der Waals surface area contributed by atoms with Crippen molar-refractivity contribution < 1.29 is 9.59 Å². The first-order chi connectivity index (χ1) is 14.9. The molecule has 3 unspecified atom stereocenters. The van der Waals surface area contributed by atoms with E-state index in [2.05, 4.69) is 33.9 Å². The number of rotatable bonds is 5. The van der Waals surface area contributed by atoms with Crippen LogP contribution >= 0.6 is 11.3 Å². The maximum atomic E-state index is 12.8. The van der Waals surface area contributed by atoms with Crippen LogP contribution in [-0.4, -0.2) is 83.4 Å². The SMILES string of the molecule is CC1CC(C)CN(C(=O)CN2CCN(C(C)C(=O)Nc3nc4ccccc4s3)CC2)C1. The predicted octanol–water partition coefficient (Wildman–Crippen LogP) is 2.75. The van der Waals surface area contributed by atoms with E-state index in [9.17, 15) is 9.59 Å². The third-order valence-electron chi connectivity index (χ3n) is 6.44. The molecule has 1 N–H and O–H groups in total. The number of fused-ring (bicyclic) bond motifs is 1. The number of para-hydroxylation sites is 1. The van der Waals surface area contributed by atoms with Crippen LogP contribution in [0.2, 0.25) is 0 Å². The molecule has 0 bridgehead atoms. The monoisotopic (exact) mass is 443 g/mol. The quantitative estimate of drug-likeness (QED) is 0.770. The lowest BCUT2D eigenvalue weighted by Crippen LogP contribution is -2.55. The zero-order valence-electron chi connectivity index (χ0n) is 18.7. The van der Waals surface area contributed by atoms with Gasteiger partial charge in [-0.3, -0.25) is 19.4 Å². The van der Waals surface area contributed by atoms with Crippen molar-refractivity contribution in [2.45, 2.75) is 33.2 Å². The van der Waals surface area contributed by atoms with Gasteiger partial charge in [0.25, 0.3) is 0 Å². The van der Waals surface area contributed by atoms with Gasteiger partial charge in [-0.25, -0.2) is 4.98 Å². The maximum absolute atomic E-state index is 12.8. The van der Waals surface area contributed by atoms with Crippen LogP contribution in [0.1, 0.15) is 27.2 Å². The van der Waals surface area contributed by atoms with Gasteiger partial charge in [0.1, 0.15) is 0 Å². The molecule has 168 valence electrons. The number of aromatic nitrogens is 1. The lowest BCUT2D eigenvalue weighted by atomic mass is 9.92. The van der Waals surface area contributed by atoms with E-state index in [0.29, 0.717) is 23.5 Å². The summed E-state index contributed by atoms with van der Waals surface area (Å²) < 4.78 is 1.07. The fraction of sp³-hybridized carbons (Fsp3) is 0.609. The van der Waals surface area contributed by atoms with Gasteiger partial charge in [0.15, 0.2) is 5.13 Å². The molecule has 2 saturated heterocycles. The van der Waals surface area contributed by atoms with Crippen molar-refractivity contribution in [3.8, 4) is 0 Å². The lowest BCUT2D eigenvalue weighted by molar-refractivity contribution is -0.136. The van der Waals surface area contributed by atoms with Gasteiger partial charge in [0, 0.05) is 39.3 Å². The number of carbonyl (C=O) groups is 2. The van der Waals surface area contributed by atoms with Crippen LogP contribution in [0.15, 0.2) is 24.3 Å². The summed E-state index contributed by atoms with van der Waals surface area (Å²) in [4.78, 5) is 36.5. The van der Waals surface area contributed by atoms with E-state index in [4.69, 9.17) is 0 Å². The summed E-state index contributed by atoms with van der Waals surface area (Å²) in [5.74, 6) is 1.38. The summed E-state index contributed by atoms with van der Waals surface area (Å²) in [6.45, 7) is 11.8. The number of nitrogens with one attached hydrogen (secondary N) is 1. The minimum absolute atomic E-state index is 0.0279. The third-order valence-corrected chi connectivity index (χ3v) is 7.39. The molecule has 0 saturated carbocycles. The number of thiazole rings is 1. The first kappa shape index (κ1) is 22.2. The average molecular weight is 444 g/mol. The number of amides is 2. The van der Waals surface area contributed by atoms with Crippen LogP contribution in [0.5, 0.6) is 0 Å². The molecule has 0 spiro atoms. The first-order valence-corrected chi connectivity index (χ1v) is 12.1. The van der Waals surface area contributed by atoms with E-state index in [1.165, 1.54) is 17.8 Å². The molecule has 3 heterocycles. The van der Waals surface area contributed by atoms with Crippen LogP contribution in [0.25, 0.3) is 10.2 Å². The van der Waals surface area contributed by atoms with Crippen molar-refractivity contribution in [2.75, 3.05) is 51.1 Å². The van der Waals surface area contributed by atoms with E-state index < -0.39 is 0 Å². The number of benzene rings is 1. The van der Waals surface area contributed by atoms with Crippen LogP contribution in [0, 0.1) is 11.8 Å². The Bertz CT molecular complexity index is 881. The summed E-state index contributed by atoms with van der Waals surface area (Å²) >= 11 is 1.50. The fourth-order valence-electron chi connectivity index (χ4n) is 4.77. The molecule has 31 heavy (non-hydrogen) atoms. The lowest BCUT2D eigenvalue weighted by Gasteiger charge is -2.39. The number of nitrogens with zero attached hydrogens (tertiary/aromatic N) is 4. The maximum Gasteiger partial charge on any atom is 0.243 e. The van der Waals surface area contributed by atoms with E-state index >= 15 is 0 Å². The molecule has 7 nitrogen and oxygen atoms in total. The molecule has 2 aliphatic rings. The highest BCUT2D eigenvalue weighted by Gasteiger charge is 2.29. The van der Waals surface area contributed by atoms with Gasteiger partial charge in [-0.15, -0.1) is 0 Å². The molecule has 0 radical (unpaired) electrons. The number of piperazine rings is 1. The largest absolute Gasteiger partial charge is 0.341 e. The minimum atomic E-state index is -0.228. The van der Waals surface area contributed by atoms with Gasteiger partial charge in [0.05, 0.1) is 22.8 Å². The van der Waals surface area contributed by atoms with Gasteiger partial charge in [-0.2, -0.15) is 0 Å². The van der Waals surface area contributed by atoms with Gasteiger partial charge >= 0.3 is 0 Å². The Morgan fingerprint density at radius 2 is 1.81 bits per heavy atom. The number of anilines is 1. The Labute approximate surface area is 188 Å². The summed E-state index contributed by atoms with van der Waals surface area (Å²) in [6.07, 6.45) is 1.21. The molecule has 0 aliphatic carbocycles. The van der Waals surface area contributed by atoms with Crippen molar-refractivity contribution in [3.63, 3.8) is 0 Å². The summed E-state index contributed by atoms with van der Waals surface area (Å²) in [5, 5.41) is 3.62. The molecule has 1 aromatic carbocycles. The van der Waals surface area contributed by atoms with Crippen molar-refractivity contribution in [1.82, 2.24) is 19.7 Å². The van der Waals surface area contributed by atoms with Gasteiger partial charge in [-0.05, 0) is 37.3 Å². The highest BCUT2D eigenvalue weighted by molar-refractivity contribution is 7.22. The Morgan fingerprint density at radius 3 is 2.48 bits per heavy atom. The second-order valence-corrected chi connectivity index (χ2v) is 10.2. The zero-order chi connectivity index (χ0) is 22.0. The Kier molecular flexibility index (Phi) is 6.89. The van der Waals surface area contributed by atoms with Gasteiger partial charge < -0.3 is 10.2 Å². The smallest absolute Gasteiger partial charge is 0.243 e. The number of carbonyl (C=O) groups excluding carboxylic acids is 2. The topological polar surface area (TPSA) is 68.8 Å². The molecular weight excluding hydrogens is 410 g/mol. The molecule has 3 atom stereocenters. The molecule has 2 fully saturated rings. The van der Waals surface area contributed by atoms with Crippen molar-refractivity contribution >= 4 is 38.5 Å². The number of piperidine rings is 1. The molecule has 2 aromatic rings. The summed E-state index contributed by atoms with van der Waals surface area (Å²) in [7, 11) is 0. The summed E-state index contributed by atoms with van der Waals surface area (Å²) in [5.41, 5.74) is 0.909. The van der Waals surface area contributed by atoms with E-state index in [0.717, 1.165) is 49.5 Å². The van der Waals surface area contributed by atoms with Crippen molar-refractivity contribution in [3.05, 3.63) is 24.3 Å². The fourth-order valence-corrected chi connectivity index (χ4v) is 5.64. The van der Waals surface area contributed by atoms with Crippen molar-refractivity contribution in [1.29, 1.82) is 0 Å². The standard InChI is InChI=1S/C23H33N5O2S/c1-16-12-17(2)14-28(13-16)21(29)15-26-8-10-27(11-9-26)18(3)22(30)25-23-24-19-6-4-5-7-20(19)31-23/h4-7,16-18H,8-15H2,1-3H3,(H,24,25,30). The first-order valence-electron chi connectivity index (χ1n) is 11.3. The van der Waals surface area contributed by atoms with E-state index in [1.807, 2.05) is 36.1 Å².